The molecule has 19 heavy (non-hydrogen) atoms. The normalized spacial score (nSPS) is 23.1. The van der Waals surface area contributed by atoms with Crippen LogP contribution in [0.15, 0.2) is 5.38 Å². The second-order valence-corrected chi connectivity index (χ2v) is 6.76. The van der Waals surface area contributed by atoms with Gasteiger partial charge in [-0.05, 0) is 25.5 Å². The van der Waals surface area contributed by atoms with E-state index in [1.54, 1.807) is 11.3 Å². The van der Waals surface area contributed by atoms with Crippen molar-refractivity contribution in [2.75, 3.05) is 18.7 Å². The first-order valence-corrected chi connectivity index (χ1v) is 8.68. The molecule has 1 aliphatic rings. The van der Waals surface area contributed by atoms with Gasteiger partial charge in [0.25, 0.3) is 0 Å². The van der Waals surface area contributed by atoms with Gasteiger partial charge in [0.2, 0.25) is 0 Å². The lowest BCUT2D eigenvalue weighted by Gasteiger charge is -2.28. The average Bonchev–Trinajstić information content (AvgIpc) is 2.86. The number of aromatic nitrogens is 1. The molecule has 0 bridgehead atoms. The lowest BCUT2D eigenvalue weighted by Crippen LogP contribution is -2.28. The van der Waals surface area contributed by atoms with E-state index in [-0.39, 0.29) is 12.4 Å². The summed E-state index contributed by atoms with van der Waals surface area (Å²) in [4.78, 5) is 15.6. The fourth-order valence-electron chi connectivity index (χ4n) is 2.34. The third-order valence-corrected chi connectivity index (χ3v) is 5.31. The molecule has 0 saturated heterocycles. The minimum absolute atomic E-state index is 0.239. The number of nitrogens with one attached hydrogen (secondary N) is 1. The number of thioether (sulfide) groups is 1. The van der Waals surface area contributed by atoms with E-state index in [4.69, 9.17) is 0 Å². The molecule has 6 heteroatoms. The van der Waals surface area contributed by atoms with Gasteiger partial charge in [0.1, 0.15) is 0 Å². The Kier molecular flexibility index (Phi) is 5.51. The molecule has 2 atom stereocenters. The van der Waals surface area contributed by atoms with E-state index in [9.17, 15) is 4.79 Å². The van der Waals surface area contributed by atoms with Gasteiger partial charge in [-0.1, -0.05) is 6.42 Å². The number of methoxy groups -OCH3 is 1. The smallest absolute Gasteiger partial charge is 0.311 e. The van der Waals surface area contributed by atoms with Crippen molar-refractivity contribution < 1.29 is 9.53 Å². The molecular formula is C13H20N2O2S2. The predicted molar refractivity (Wildman–Crippen MR) is 81.0 cm³/mol. The van der Waals surface area contributed by atoms with Gasteiger partial charge in [-0.25, -0.2) is 4.98 Å². The van der Waals surface area contributed by atoms with E-state index in [2.05, 4.69) is 21.3 Å². The SMILES string of the molecule is COC(=O)Cc1csc(NC2CCCC(SC)C2)n1. The highest BCUT2D eigenvalue weighted by Crippen LogP contribution is 2.29. The van der Waals surface area contributed by atoms with E-state index in [1.165, 1.54) is 32.8 Å². The Morgan fingerprint density at radius 3 is 3.21 bits per heavy atom. The third-order valence-electron chi connectivity index (χ3n) is 3.39. The Morgan fingerprint density at radius 1 is 1.63 bits per heavy atom. The van der Waals surface area contributed by atoms with E-state index in [1.807, 2.05) is 17.1 Å². The lowest BCUT2D eigenvalue weighted by molar-refractivity contribution is -0.139. The number of carbonyl (C=O) groups is 1. The van der Waals surface area contributed by atoms with Gasteiger partial charge in [0.15, 0.2) is 5.13 Å². The first-order chi connectivity index (χ1) is 9.21. The topological polar surface area (TPSA) is 51.2 Å². The molecule has 0 radical (unpaired) electrons. The highest BCUT2D eigenvalue weighted by molar-refractivity contribution is 7.99. The maximum atomic E-state index is 11.2. The lowest BCUT2D eigenvalue weighted by atomic mass is 9.95. The summed E-state index contributed by atoms with van der Waals surface area (Å²) in [5, 5.41) is 7.11. The van der Waals surface area contributed by atoms with E-state index in [0.29, 0.717) is 6.04 Å². The molecule has 2 unspecified atom stereocenters. The van der Waals surface area contributed by atoms with Gasteiger partial charge in [0.05, 0.1) is 19.2 Å². The molecule has 1 aromatic rings. The van der Waals surface area contributed by atoms with Crippen LogP contribution in [0.5, 0.6) is 0 Å². The number of nitrogens with zero attached hydrogens (tertiary/aromatic N) is 1. The number of hydrogen-bond donors (Lipinski definition) is 1. The second kappa shape index (κ2) is 7.14. The summed E-state index contributed by atoms with van der Waals surface area (Å²) in [5.74, 6) is -0.239. The Bertz CT molecular complexity index is 423. The maximum Gasteiger partial charge on any atom is 0.311 e. The molecule has 1 aromatic heterocycles. The van der Waals surface area contributed by atoms with Crippen molar-refractivity contribution in [1.82, 2.24) is 4.98 Å². The van der Waals surface area contributed by atoms with Gasteiger partial charge in [-0.15, -0.1) is 11.3 Å². The zero-order valence-corrected chi connectivity index (χ0v) is 13.0. The molecule has 0 amide bonds. The number of hydrogen-bond acceptors (Lipinski definition) is 6. The number of thiazole rings is 1. The first kappa shape index (κ1) is 14.7. The van der Waals surface area contributed by atoms with Crippen LogP contribution in [0.3, 0.4) is 0 Å². The van der Waals surface area contributed by atoms with Crippen molar-refractivity contribution >= 4 is 34.2 Å². The fourth-order valence-corrected chi connectivity index (χ4v) is 3.95. The molecule has 1 fully saturated rings. The summed E-state index contributed by atoms with van der Waals surface area (Å²) in [5.41, 5.74) is 0.788. The van der Waals surface area contributed by atoms with Gasteiger partial charge in [-0.3, -0.25) is 4.79 Å². The summed E-state index contributed by atoms with van der Waals surface area (Å²) in [6.45, 7) is 0. The minimum Gasteiger partial charge on any atom is -0.469 e. The van der Waals surface area contributed by atoms with Crippen molar-refractivity contribution in [3.8, 4) is 0 Å². The highest BCUT2D eigenvalue weighted by Gasteiger charge is 2.21. The molecule has 1 N–H and O–H groups in total. The Morgan fingerprint density at radius 2 is 2.47 bits per heavy atom. The molecular weight excluding hydrogens is 280 g/mol. The molecule has 0 aliphatic heterocycles. The maximum absolute atomic E-state index is 11.2. The summed E-state index contributed by atoms with van der Waals surface area (Å²) in [6, 6.07) is 0.517. The minimum atomic E-state index is -0.239. The molecule has 1 saturated carbocycles. The van der Waals surface area contributed by atoms with E-state index < -0.39 is 0 Å². The fraction of sp³-hybridized carbons (Fsp3) is 0.692. The van der Waals surface area contributed by atoms with Crippen molar-refractivity contribution in [2.45, 2.75) is 43.4 Å². The van der Waals surface area contributed by atoms with Crippen molar-refractivity contribution in [2.24, 2.45) is 0 Å². The summed E-state index contributed by atoms with van der Waals surface area (Å²) in [6.07, 6.45) is 7.46. The monoisotopic (exact) mass is 300 g/mol. The van der Waals surface area contributed by atoms with E-state index >= 15 is 0 Å². The largest absolute Gasteiger partial charge is 0.469 e. The summed E-state index contributed by atoms with van der Waals surface area (Å²) < 4.78 is 4.64. The number of anilines is 1. The van der Waals surface area contributed by atoms with Crippen LogP contribution in [-0.4, -0.2) is 35.6 Å². The van der Waals surface area contributed by atoms with Crippen LogP contribution in [-0.2, 0) is 16.0 Å². The Hall–Kier alpha value is -0.750. The van der Waals surface area contributed by atoms with Crippen molar-refractivity contribution in [3.05, 3.63) is 11.1 Å². The van der Waals surface area contributed by atoms with Crippen LogP contribution in [0.2, 0.25) is 0 Å². The number of rotatable bonds is 5. The van der Waals surface area contributed by atoms with Gasteiger partial charge in [-0.2, -0.15) is 11.8 Å². The van der Waals surface area contributed by atoms with E-state index in [0.717, 1.165) is 16.1 Å². The molecule has 106 valence electrons. The van der Waals surface area contributed by atoms with Crippen LogP contribution in [0, 0.1) is 0 Å². The van der Waals surface area contributed by atoms with Crippen molar-refractivity contribution in [3.63, 3.8) is 0 Å². The van der Waals surface area contributed by atoms with Crippen LogP contribution < -0.4 is 5.32 Å². The first-order valence-electron chi connectivity index (χ1n) is 6.51. The average molecular weight is 300 g/mol. The zero-order chi connectivity index (χ0) is 13.7. The van der Waals surface area contributed by atoms with Gasteiger partial charge < -0.3 is 10.1 Å². The van der Waals surface area contributed by atoms with Crippen LogP contribution in [0.1, 0.15) is 31.4 Å². The molecule has 0 spiro atoms. The predicted octanol–water partition coefficient (Wildman–Crippen LogP) is 2.94. The quantitative estimate of drug-likeness (QED) is 0.847. The standard InChI is InChI=1S/C13H20N2O2S2/c1-17-12(16)7-10-8-19-13(15-10)14-9-4-3-5-11(6-9)18-2/h8-9,11H,3-7H2,1-2H3,(H,14,15). The van der Waals surface area contributed by atoms with Gasteiger partial charge in [0, 0.05) is 16.7 Å². The Labute approximate surface area is 122 Å². The number of carbonyl (C=O) groups excluding carboxylic acids is 1. The van der Waals surface area contributed by atoms with Crippen molar-refractivity contribution in [1.29, 1.82) is 0 Å². The summed E-state index contributed by atoms with van der Waals surface area (Å²) in [7, 11) is 1.40. The molecule has 2 rings (SSSR count). The molecule has 1 aliphatic carbocycles. The third kappa shape index (κ3) is 4.38. The Balaban J connectivity index is 1.87. The highest BCUT2D eigenvalue weighted by atomic mass is 32.2. The number of ether oxygens (including phenoxy) is 1. The second-order valence-electron chi connectivity index (χ2n) is 4.76. The van der Waals surface area contributed by atoms with Gasteiger partial charge >= 0.3 is 5.97 Å². The molecule has 4 nitrogen and oxygen atoms in total. The zero-order valence-electron chi connectivity index (χ0n) is 11.3. The molecule has 1 heterocycles. The van der Waals surface area contributed by atoms with Crippen LogP contribution in [0.25, 0.3) is 0 Å². The summed E-state index contributed by atoms with van der Waals surface area (Å²) >= 11 is 3.53. The molecule has 0 aromatic carbocycles. The van der Waals surface area contributed by atoms with Crippen LogP contribution in [0.4, 0.5) is 5.13 Å². The number of esters is 1. The van der Waals surface area contributed by atoms with Crippen LogP contribution >= 0.6 is 23.1 Å².